The minimum atomic E-state index is -1.07. The second-order valence-corrected chi connectivity index (χ2v) is 8.30. The lowest BCUT2D eigenvalue weighted by molar-refractivity contribution is 0.0535. The molecule has 0 bridgehead atoms. The number of piperazine rings is 1. The molecule has 5 rings (SSSR count). The average Bonchev–Trinajstić information content (AvgIpc) is 3.52. The molecule has 2 aromatic heterocycles. The largest absolute Gasteiger partial charge is 0.460 e. The van der Waals surface area contributed by atoms with E-state index in [0.29, 0.717) is 35.9 Å². The van der Waals surface area contributed by atoms with Crippen molar-refractivity contribution in [3.05, 3.63) is 95.4 Å². The summed E-state index contributed by atoms with van der Waals surface area (Å²) in [5.74, 6) is -1.50. The predicted octanol–water partition coefficient (Wildman–Crippen LogP) is 4.32. The Labute approximate surface area is 200 Å². The number of aryl methyl sites for hydroxylation is 1. The first-order valence-electron chi connectivity index (χ1n) is 11.2. The molecule has 2 aromatic carbocycles. The highest BCUT2D eigenvalue weighted by Crippen LogP contribution is 2.27. The van der Waals surface area contributed by atoms with Gasteiger partial charge in [0.1, 0.15) is 11.5 Å². The summed E-state index contributed by atoms with van der Waals surface area (Å²) in [6, 6.07) is 16.1. The number of halogens is 2. The Balaban J connectivity index is 1.36. The van der Waals surface area contributed by atoms with Gasteiger partial charge < -0.3 is 14.2 Å². The maximum atomic E-state index is 13.6. The third-order valence-corrected chi connectivity index (χ3v) is 5.96. The number of hydrogen-bond donors (Lipinski definition) is 0. The maximum absolute atomic E-state index is 13.6. The zero-order valence-electron chi connectivity index (χ0n) is 18.9. The van der Waals surface area contributed by atoms with Crippen LogP contribution in [-0.2, 0) is 0 Å². The van der Waals surface area contributed by atoms with Gasteiger partial charge in [-0.1, -0.05) is 18.2 Å². The normalized spacial score (nSPS) is 13.8. The van der Waals surface area contributed by atoms with Crippen LogP contribution in [0.1, 0.15) is 26.5 Å². The Morgan fingerprint density at radius 1 is 0.857 bits per heavy atom. The fourth-order valence-electron chi connectivity index (χ4n) is 4.08. The molecule has 0 saturated carbocycles. The first-order chi connectivity index (χ1) is 16.9. The summed E-state index contributed by atoms with van der Waals surface area (Å²) < 4.78 is 34.2. The van der Waals surface area contributed by atoms with Gasteiger partial charge in [0.15, 0.2) is 17.4 Å². The minimum absolute atomic E-state index is 0.0725. The minimum Gasteiger partial charge on any atom is -0.460 e. The molecule has 35 heavy (non-hydrogen) atoms. The molecule has 1 aliphatic rings. The Morgan fingerprint density at radius 3 is 2.17 bits per heavy atom. The summed E-state index contributed by atoms with van der Waals surface area (Å²) in [7, 11) is 0. The lowest BCUT2D eigenvalue weighted by Crippen LogP contribution is -2.50. The van der Waals surface area contributed by atoms with Crippen LogP contribution >= 0.6 is 0 Å². The van der Waals surface area contributed by atoms with Gasteiger partial charge in [-0.3, -0.25) is 9.59 Å². The van der Waals surface area contributed by atoms with E-state index in [1.54, 1.807) is 21.8 Å². The molecular formula is C26H22F2N4O3. The third-order valence-electron chi connectivity index (χ3n) is 5.96. The summed E-state index contributed by atoms with van der Waals surface area (Å²) in [6.45, 7) is 2.95. The van der Waals surface area contributed by atoms with E-state index in [-0.39, 0.29) is 24.6 Å². The lowest BCUT2D eigenvalue weighted by Gasteiger charge is -2.34. The molecular weight excluding hydrogens is 454 g/mol. The first kappa shape index (κ1) is 22.5. The molecule has 2 amide bonds. The Morgan fingerprint density at radius 2 is 1.54 bits per heavy atom. The van der Waals surface area contributed by atoms with Gasteiger partial charge in [-0.15, -0.1) is 0 Å². The molecule has 178 valence electrons. The van der Waals surface area contributed by atoms with Crippen LogP contribution in [-0.4, -0.2) is 57.6 Å². The van der Waals surface area contributed by atoms with Gasteiger partial charge in [-0.25, -0.2) is 13.5 Å². The monoisotopic (exact) mass is 476 g/mol. The fraction of sp³-hybridized carbons (Fsp3) is 0.192. The van der Waals surface area contributed by atoms with Gasteiger partial charge in [-0.05, 0) is 49.4 Å². The molecule has 0 radical (unpaired) electrons. The van der Waals surface area contributed by atoms with Gasteiger partial charge >= 0.3 is 0 Å². The number of carbonyl (C=O) groups is 2. The van der Waals surface area contributed by atoms with Gasteiger partial charge in [0, 0.05) is 37.9 Å². The van der Waals surface area contributed by atoms with Gasteiger partial charge in [0.2, 0.25) is 0 Å². The van der Waals surface area contributed by atoms with Crippen molar-refractivity contribution < 1.29 is 22.8 Å². The van der Waals surface area contributed by atoms with E-state index in [2.05, 4.69) is 5.10 Å². The van der Waals surface area contributed by atoms with Crippen LogP contribution in [0.3, 0.4) is 0 Å². The topological polar surface area (TPSA) is 71.6 Å². The molecule has 3 heterocycles. The van der Waals surface area contributed by atoms with Crippen LogP contribution in [0.5, 0.6) is 0 Å². The Bertz CT molecular complexity index is 1390. The summed E-state index contributed by atoms with van der Waals surface area (Å²) in [4.78, 5) is 29.4. The van der Waals surface area contributed by atoms with E-state index < -0.39 is 17.5 Å². The highest BCUT2D eigenvalue weighted by molar-refractivity contribution is 6.00. The number of carbonyl (C=O) groups excluding carboxylic acids is 2. The molecule has 1 fully saturated rings. The second kappa shape index (κ2) is 9.17. The van der Waals surface area contributed by atoms with E-state index in [4.69, 9.17) is 4.42 Å². The Hall–Kier alpha value is -4.27. The van der Waals surface area contributed by atoms with Gasteiger partial charge in [-0.2, -0.15) is 5.10 Å². The molecule has 7 nitrogen and oxygen atoms in total. The third kappa shape index (κ3) is 4.44. The molecule has 1 aliphatic heterocycles. The van der Waals surface area contributed by atoms with Crippen molar-refractivity contribution in [2.24, 2.45) is 0 Å². The number of hydrogen-bond acceptors (Lipinski definition) is 4. The summed E-state index contributed by atoms with van der Waals surface area (Å²) in [6.07, 6.45) is 1.68. The van der Waals surface area contributed by atoms with Crippen molar-refractivity contribution >= 4 is 11.8 Å². The molecule has 0 N–H and O–H groups in total. The van der Waals surface area contributed by atoms with E-state index in [9.17, 15) is 18.4 Å². The van der Waals surface area contributed by atoms with Crippen molar-refractivity contribution in [1.29, 1.82) is 0 Å². The van der Waals surface area contributed by atoms with Crippen LogP contribution in [0.25, 0.3) is 17.1 Å². The molecule has 9 heteroatoms. The van der Waals surface area contributed by atoms with Crippen molar-refractivity contribution in [3.63, 3.8) is 0 Å². The van der Waals surface area contributed by atoms with E-state index >= 15 is 0 Å². The van der Waals surface area contributed by atoms with Crippen LogP contribution in [0, 0.1) is 18.6 Å². The number of rotatable bonds is 4. The molecule has 0 spiro atoms. The standard InChI is InChI=1S/C26H22F2N4O3/c1-17-7-10-23(35-17)24-20(16-32(29-24)19-5-3-2-4-6-19)26(34)31-13-11-30(12-14-31)25(33)18-8-9-21(27)22(28)15-18/h2-10,15-16H,11-14H2,1H3. The van der Waals surface area contributed by atoms with Gasteiger partial charge in [0.25, 0.3) is 11.8 Å². The van der Waals surface area contributed by atoms with Crippen LogP contribution in [0.15, 0.2) is 71.3 Å². The highest BCUT2D eigenvalue weighted by Gasteiger charge is 2.29. The number of aromatic nitrogens is 2. The second-order valence-electron chi connectivity index (χ2n) is 8.30. The highest BCUT2D eigenvalue weighted by atomic mass is 19.2. The van der Waals surface area contributed by atoms with E-state index in [0.717, 1.165) is 17.8 Å². The number of furan rings is 1. The summed E-state index contributed by atoms with van der Waals surface area (Å²) in [5.41, 5.74) is 1.71. The van der Waals surface area contributed by atoms with Crippen LogP contribution in [0.4, 0.5) is 8.78 Å². The number of benzene rings is 2. The number of nitrogens with zero attached hydrogens (tertiary/aromatic N) is 4. The van der Waals surface area contributed by atoms with Crippen LogP contribution < -0.4 is 0 Å². The molecule has 1 saturated heterocycles. The lowest BCUT2D eigenvalue weighted by atomic mass is 10.1. The quantitative estimate of drug-likeness (QED) is 0.440. The molecule has 0 unspecified atom stereocenters. The van der Waals surface area contributed by atoms with Gasteiger partial charge in [0.05, 0.1) is 11.3 Å². The fourth-order valence-corrected chi connectivity index (χ4v) is 4.08. The summed E-state index contributed by atoms with van der Waals surface area (Å²) >= 11 is 0. The van der Waals surface area contributed by atoms with Crippen molar-refractivity contribution in [2.75, 3.05) is 26.2 Å². The SMILES string of the molecule is Cc1ccc(-c2nn(-c3ccccc3)cc2C(=O)N2CCN(C(=O)c3ccc(F)c(F)c3)CC2)o1. The molecule has 4 aromatic rings. The first-order valence-corrected chi connectivity index (χ1v) is 11.2. The van der Waals surface area contributed by atoms with Crippen LogP contribution in [0.2, 0.25) is 0 Å². The van der Waals surface area contributed by atoms with Crippen molar-refractivity contribution in [1.82, 2.24) is 19.6 Å². The van der Waals surface area contributed by atoms with E-state index in [1.807, 2.05) is 43.3 Å². The smallest absolute Gasteiger partial charge is 0.257 e. The predicted molar refractivity (Wildman–Crippen MR) is 124 cm³/mol. The van der Waals surface area contributed by atoms with E-state index in [1.165, 1.54) is 11.0 Å². The number of para-hydroxylation sites is 1. The maximum Gasteiger partial charge on any atom is 0.257 e. The van der Waals surface area contributed by atoms with Crippen molar-refractivity contribution in [2.45, 2.75) is 6.92 Å². The average molecular weight is 476 g/mol. The molecule has 0 aliphatic carbocycles. The summed E-state index contributed by atoms with van der Waals surface area (Å²) in [5, 5.41) is 4.62. The Kier molecular flexibility index (Phi) is 5.90. The zero-order valence-corrected chi connectivity index (χ0v) is 18.9. The van der Waals surface area contributed by atoms with Crippen molar-refractivity contribution in [3.8, 4) is 17.1 Å². The zero-order chi connectivity index (χ0) is 24.5. The number of amides is 2. The molecule has 0 atom stereocenters.